The maximum atomic E-state index is 12.2. The van der Waals surface area contributed by atoms with Gasteiger partial charge in [0.05, 0.1) is 12.0 Å². The molecule has 1 aromatic carbocycles. The zero-order valence-corrected chi connectivity index (χ0v) is 14.9. The van der Waals surface area contributed by atoms with Crippen molar-refractivity contribution in [2.75, 3.05) is 11.9 Å². The summed E-state index contributed by atoms with van der Waals surface area (Å²) < 4.78 is 5.47. The number of aryl methyl sites for hydroxylation is 1. The normalized spacial score (nSPS) is 18.7. The largest absolute Gasteiger partial charge is 0.378 e. The highest BCUT2D eigenvalue weighted by molar-refractivity contribution is 5.96. The van der Waals surface area contributed by atoms with Gasteiger partial charge in [-0.3, -0.25) is 9.78 Å². The molecule has 26 heavy (non-hydrogen) atoms. The lowest BCUT2D eigenvalue weighted by molar-refractivity contribution is -0.118. The van der Waals surface area contributed by atoms with Crippen molar-refractivity contribution in [2.45, 2.75) is 26.4 Å². The first kappa shape index (κ1) is 16.7. The predicted octanol–water partition coefficient (Wildman–Crippen LogP) is 3.97. The third kappa shape index (κ3) is 3.30. The number of benzene rings is 1. The van der Waals surface area contributed by atoms with Gasteiger partial charge in [0.25, 0.3) is 0 Å². The number of aromatic nitrogens is 2. The van der Waals surface area contributed by atoms with E-state index in [2.05, 4.69) is 40.4 Å². The van der Waals surface area contributed by atoms with Gasteiger partial charge in [-0.1, -0.05) is 12.1 Å². The van der Waals surface area contributed by atoms with E-state index in [9.17, 15) is 4.79 Å². The minimum Gasteiger partial charge on any atom is -0.378 e. The molecular formula is C21H21N3O2. The minimum atomic E-state index is -0.0524. The van der Waals surface area contributed by atoms with E-state index in [4.69, 9.17) is 4.74 Å². The molecule has 1 aliphatic carbocycles. The lowest BCUT2D eigenvalue weighted by atomic mass is 10.0. The number of rotatable bonds is 5. The molecule has 1 saturated carbocycles. The van der Waals surface area contributed by atoms with Gasteiger partial charge in [0.15, 0.2) is 0 Å². The Morgan fingerprint density at radius 2 is 2.12 bits per heavy atom. The number of pyridine rings is 2. The van der Waals surface area contributed by atoms with Crippen molar-refractivity contribution in [1.82, 2.24) is 9.97 Å². The molecule has 1 unspecified atom stereocenters. The van der Waals surface area contributed by atoms with Gasteiger partial charge >= 0.3 is 0 Å². The standard InChI is InChI=1S/C21H21N3O2/c1-3-26-19-10-17(19)21(25)24-20-9-14-4-5-15(8-16(14)11-23-20)18-12-22-7-6-13(18)2/h4-9,11-12,17,19H,3,10H2,1-2H3,(H,23,24,25)/t17?,19-/m0/s1. The molecule has 1 amide bonds. The highest BCUT2D eigenvalue weighted by Gasteiger charge is 2.44. The molecule has 1 fully saturated rings. The van der Waals surface area contributed by atoms with Crippen LogP contribution >= 0.6 is 0 Å². The Hall–Kier alpha value is -2.79. The van der Waals surface area contributed by atoms with E-state index < -0.39 is 0 Å². The Kier molecular flexibility index (Phi) is 4.39. The van der Waals surface area contributed by atoms with Gasteiger partial charge in [-0.05, 0) is 55.0 Å². The van der Waals surface area contributed by atoms with Crippen LogP contribution in [0, 0.1) is 12.8 Å². The number of hydrogen-bond acceptors (Lipinski definition) is 4. The van der Waals surface area contributed by atoms with Crippen LogP contribution in [0.2, 0.25) is 0 Å². The average molecular weight is 347 g/mol. The summed E-state index contributed by atoms with van der Waals surface area (Å²) in [6.07, 6.45) is 6.33. The molecule has 4 rings (SSSR count). The smallest absolute Gasteiger partial charge is 0.231 e. The summed E-state index contributed by atoms with van der Waals surface area (Å²) in [6.45, 7) is 4.66. The maximum Gasteiger partial charge on any atom is 0.231 e. The highest BCUT2D eigenvalue weighted by Crippen LogP contribution is 2.35. The molecule has 132 valence electrons. The predicted molar refractivity (Wildman–Crippen MR) is 102 cm³/mol. The van der Waals surface area contributed by atoms with Crippen LogP contribution in [0.1, 0.15) is 18.9 Å². The van der Waals surface area contributed by atoms with E-state index in [1.165, 1.54) is 5.56 Å². The van der Waals surface area contributed by atoms with E-state index in [1.54, 1.807) is 12.4 Å². The number of nitrogens with zero attached hydrogens (tertiary/aromatic N) is 2. The molecule has 2 heterocycles. The van der Waals surface area contributed by atoms with E-state index in [1.807, 2.05) is 25.3 Å². The maximum absolute atomic E-state index is 12.2. The van der Waals surface area contributed by atoms with Crippen molar-refractivity contribution in [1.29, 1.82) is 0 Å². The van der Waals surface area contributed by atoms with Crippen LogP contribution in [-0.4, -0.2) is 28.6 Å². The Labute approximate surface area is 152 Å². The Morgan fingerprint density at radius 1 is 1.23 bits per heavy atom. The summed E-state index contributed by atoms with van der Waals surface area (Å²) in [4.78, 5) is 20.8. The van der Waals surface area contributed by atoms with Crippen molar-refractivity contribution < 1.29 is 9.53 Å². The number of fused-ring (bicyclic) bond motifs is 1. The van der Waals surface area contributed by atoms with E-state index in [0.29, 0.717) is 12.4 Å². The summed E-state index contributed by atoms with van der Waals surface area (Å²) in [5, 5.41) is 4.97. The first-order valence-corrected chi connectivity index (χ1v) is 8.89. The Bertz CT molecular complexity index is 970. The van der Waals surface area contributed by atoms with Gasteiger partial charge in [-0.15, -0.1) is 0 Å². The van der Waals surface area contributed by atoms with Crippen LogP contribution in [0.15, 0.2) is 48.9 Å². The van der Waals surface area contributed by atoms with Gasteiger partial charge in [-0.25, -0.2) is 4.98 Å². The van der Waals surface area contributed by atoms with Crippen LogP contribution < -0.4 is 5.32 Å². The lowest BCUT2D eigenvalue weighted by Gasteiger charge is -2.08. The van der Waals surface area contributed by atoms with Crippen LogP contribution in [0.4, 0.5) is 5.82 Å². The second-order valence-electron chi connectivity index (χ2n) is 6.65. The molecule has 2 atom stereocenters. The van der Waals surface area contributed by atoms with Gasteiger partial charge < -0.3 is 10.1 Å². The third-order valence-electron chi connectivity index (χ3n) is 4.77. The zero-order chi connectivity index (χ0) is 18.1. The van der Waals surface area contributed by atoms with Gasteiger partial charge in [-0.2, -0.15) is 0 Å². The average Bonchev–Trinajstić information content (AvgIpc) is 3.41. The molecule has 5 nitrogen and oxygen atoms in total. The summed E-state index contributed by atoms with van der Waals surface area (Å²) in [5.74, 6) is 0.510. The summed E-state index contributed by atoms with van der Waals surface area (Å²) in [7, 11) is 0. The second-order valence-corrected chi connectivity index (χ2v) is 6.65. The fourth-order valence-electron chi connectivity index (χ4n) is 3.21. The van der Waals surface area contributed by atoms with Gasteiger partial charge in [0, 0.05) is 36.1 Å². The van der Waals surface area contributed by atoms with Crippen LogP contribution in [0.3, 0.4) is 0 Å². The van der Waals surface area contributed by atoms with Crippen LogP contribution in [0.25, 0.3) is 21.9 Å². The topological polar surface area (TPSA) is 64.1 Å². The quantitative estimate of drug-likeness (QED) is 0.758. The molecular weight excluding hydrogens is 326 g/mol. The van der Waals surface area contributed by atoms with Crippen molar-refractivity contribution in [3.63, 3.8) is 0 Å². The fraction of sp³-hybridized carbons (Fsp3) is 0.286. The lowest BCUT2D eigenvalue weighted by Crippen LogP contribution is -2.17. The monoisotopic (exact) mass is 347 g/mol. The summed E-state index contributed by atoms with van der Waals surface area (Å²) in [6, 6.07) is 10.1. The molecule has 5 heteroatoms. The molecule has 0 bridgehead atoms. The van der Waals surface area contributed by atoms with Crippen molar-refractivity contribution in [3.8, 4) is 11.1 Å². The molecule has 2 aromatic heterocycles. The Balaban J connectivity index is 1.54. The fourth-order valence-corrected chi connectivity index (χ4v) is 3.21. The number of amides is 1. The molecule has 1 N–H and O–H groups in total. The number of anilines is 1. The van der Waals surface area contributed by atoms with Crippen LogP contribution in [0.5, 0.6) is 0 Å². The van der Waals surface area contributed by atoms with E-state index >= 15 is 0 Å². The number of hydrogen-bond donors (Lipinski definition) is 1. The van der Waals surface area contributed by atoms with Gasteiger partial charge in [0.1, 0.15) is 5.82 Å². The van der Waals surface area contributed by atoms with E-state index in [0.717, 1.165) is 28.3 Å². The number of ether oxygens (including phenoxy) is 1. The Morgan fingerprint density at radius 3 is 2.92 bits per heavy atom. The number of carbonyl (C=O) groups excluding carboxylic acids is 1. The van der Waals surface area contributed by atoms with Crippen molar-refractivity contribution in [2.24, 2.45) is 5.92 Å². The molecule has 0 radical (unpaired) electrons. The first-order valence-electron chi connectivity index (χ1n) is 8.89. The van der Waals surface area contributed by atoms with Crippen LogP contribution in [-0.2, 0) is 9.53 Å². The third-order valence-corrected chi connectivity index (χ3v) is 4.77. The van der Waals surface area contributed by atoms with Gasteiger partial charge in [0.2, 0.25) is 5.91 Å². The highest BCUT2D eigenvalue weighted by atomic mass is 16.5. The zero-order valence-electron chi connectivity index (χ0n) is 14.9. The molecule has 3 aromatic rings. The number of nitrogens with one attached hydrogen (secondary N) is 1. The molecule has 0 saturated heterocycles. The summed E-state index contributed by atoms with van der Waals surface area (Å²) >= 11 is 0. The molecule has 0 spiro atoms. The molecule has 1 aliphatic rings. The van der Waals surface area contributed by atoms with E-state index in [-0.39, 0.29) is 17.9 Å². The van der Waals surface area contributed by atoms with Crippen molar-refractivity contribution >= 4 is 22.5 Å². The first-order chi connectivity index (χ1) is 12.7. The summed E-state index contributed by atoms with van der Waals surface area (Å²) in [5.41, 5.74) is 3.41. The second kappa shape index (κ2) is 6.84. The SMILES string of the molecule is CCO[C@H]1CC1C(=O)Nc1cc2ccc(-c3cnccc3C)cc2cn1. The number of carbonyl (C=O) groups is 1. The van der Waals surface area contributed by atoms with Crippen molar-refractivity contribution in [3.05, 3.63) is 54.5 Å². The molecule has 0 aliphatic heterocycles. The minimum absolute atomic E-state index is 0.0158.